The van der Waals surface area contributed by atoms with Gasteiger partial charge >= 0.3 is 0 Å². The second-order valence-corrected chi connectivity index (χ2v) is 8.64. The average molecular weight is 380 g/mol. The highest BCUT2D eigenvalue weighted by molar-refractivity contribution is 7.91. The Bertz CT molecular complexity index is 884. The van der Waals surface area contributed by atoms with Crippen LogP contribution >= 0.6 is 11.6 Å². The van der Waals surface area contributed by atoms with Crippen molar-refractivity contribution in [2.24, 2.45) is 0 Å². The maximum absolute atomic E-state index is 12.3. The van der Waals surface area contributed by atoms with Crippen molar-refractivity contribution in [1.82, 2.24) is 4.98 Å². The van der Waals surface area contributed by atoms with E-state index in [1.807, 2.05) is 11.9 Å². The molecule has 1 atom stereocenters. The molecule has 2 aromatic rings. The van der Waals surface area contributed by atoms with Gasteiger partial charge in [-0.25, -0.2) is 13.4 Å². The number of sulfone groups is 1. The Balaban J connectivity index is 1.69. The third kappa shape index (κ3) is 4.11. The van der Waals surface area contributed by atoms with Crippen LogP contribution in [0.4, 0.5) is 11.5 Å². The molecule has 0 radical (unpaired) electrons. The van der Waals surface area contributed by atoms with Crippen LogP contribution in [0.3, 0.4) is 0 Å². The molecule has 3 rings (SSSR count). The Hall–Kier alpha value is -2.12. The summed E-state index contributed by atoms with van der Waals surface area (Å²) in [6.45, 7) is 0. The van der Waals surface area contributed by atoms with Crippen LogP contribution in [0, 0.1) is 0 Å². The van der Waals surface area contributed by atoms with Crippen LogP contribution < -0.4 is 10.2 Å². The van der Waals surface area contributed by atoms with Gasteiger partial charge in [-0.1, -0.05) is 23.7 Å². The molecular formula is C17H18ClN3O3S. The van der Waals surface area contributed by atoms with Gasteiger partial charge in [0.1, 0.15) is 5.82 Å². The highest BCUT2D eigenvalue weighted by Gasteiger charge is 2.31. The summed E-state index contributed by atoms with van der Waals surface area (Å²) in [5.74, 6) is 0.676. The number of rotatable bonds is 4. The van der Waals surface area contributed by atoms with Crippen LogP contribution in [0.15, 0.2) is 42.6 Å². The van der Waals surface area contributed by atoms with E-state index < -0.39 is 9.84 Å². The van der Waals surface area contributed by atoms with E-state index in [9.17, 15) is 13.2 Å². The molecule has 1 aromatic carbocycles. The topological polar surface area (TPSA) is 79.4 Å². The fourth-order valence-electron chi connectivity index (χ4n) is 2.75. The second kappa shape index (κ2) is 7.01. The third-order valence-corrected chi connectivity index (χ3v) is 6.33. The molecule has 1 saturated heterocycles. The minimum atomic E-state index is -2.95. The maximum Gasteiger partial charge on any atom is 0.257 e. The number of hydrogen-bond donors (Lipinski definition) is 1. The molecule has 0 spiro atoms. The Labute approximate surface area is 151 Å². The molecule has 0 saturated carbocycles. The first-order chi connectivity index (χ1) is 11.9. The fraction of sp³-hybridized carbons (Fsp3) is 0.294. The largest absolute Gasteiger partial charge is 0.356 e. The number of carbonyl (C=O) groups is 1. The standard InChI is InChI=1S/C17H18ClN3O3S/c1-21(13-8-9-25(23,24)11-13)16-7-6-12(10-19-16)17(22)20-15-5-3-2-4-14(15)18/h2-7,10,13H,8-9,11H2,1H3,(H,20,22). The first-order valence-electron chi connectivity index (χ1n) is 7.81. The number of hydrogen-bond acceptors (Lipinski definition) is 5. The monoisotopic (exact) mass is 379 g/mol. The number of carbonyl (C=O) groups excluding carboxylic acids is 1. The van der Waals surface area contributed by atoms with Crippen LogP contribution in [-0.4, -0.2) is 43.9 Å². The lowest BCUT2D eigenvalue weighted by Gasteiger charge is -2.24. The van der Waals surface area contributed by atoms with E-state index in [4.69, 9.17) is 11.6 Å². The molecule has 1 N–H and O–H groups in total. The molecule has 1 fully saturated rings. The number of aromatic nitrogens is 1. The molecule has 132 valence electrons. The van der Waals surface area contributed by atoms with Gasteiger partial charge in [-0.2, -0.15) is 0 Å². The van der Waals surface area contributed by atoms with Crippen molar-refractivity contribution in [3.63, 3.8) is 0 Å². The molecule has 6 nitrogen and oxygen atoms in total. The zero-order valence-corrected chi connectivity index (χ0v) is 15.2. The molecule has 0 bridgehead atoms. The Kier molecular flexibility index (Phi) is 4.96. The number of amides is 1. The van der Waals surface area contributed by atoms with Gasteiger partial charge in [0.2, 0.25) is 0 Å². The highest BCUT2D eigenvalue weighted by atomic mass is 35.5. The fourth-order valence-corrected chi connectivity index (χ4v) is 4.71. The molecule has 2 heterocycles. The van der Waals surface area contributed by atoms with Crippen molar-refractivity contribution in [3.8, 4) is 0 Å². The summed E-state index contributed by atoms with van der Waals surface area (Å²) < 4.78 is 23.2. The highest BCUT2D eigenvalue weighted by Crippen LogP contribution is 2.23. The van der Waals surface area contributed by atoms with E-state index in [0.29, 0.717) is 28.5 Å². The predicted molar refractivity (Wildman–Crippen MR) is 99.1 cm³/mol. The van der Waals surface area contributed by atoms with E-state index in [1.165, 1.54) is 6.20 Å². The zero-order chi connectivity index (χ0) is 18.0. The van der Waals surface area contributed by atoms with Crippen molar-refractivity contribution in [2.45, 2.75) is 12.5 Å². The van der Waals surface area contributed by atoms with Crippen molar-refractivity contribution in [2.75, 3.05) is 28.8 Å². The van der Waals surface area contributed by atoms with Gasteiger partial charge in [-0.15, -0.1) is 0 Å². The van der Waals surface area contributed by atoms with E-state index >= 15 is 0 Å². The number of nitrogens with one attached hydrogen (secondary N) is 1. The number of nitrogens with zero attached hydrogens (tertiary/aromatic N) is 2. The van der Waals surface area contributed by atoms with Gasteiger partial charge in [-0.05, 0) is 30.7 Å². The second-order valence-electron chi connectivity index (χ2n) is 6.01. The molecule has 8 heteroatoms. The van der Waals surface area contributed by atoms with Crippen molar-refractivity contribution < 1.29 is 13.2 Å². The minimum Gasteiger partial charge on any atom is -0.356 e. The van der Waals surface area contributed by atoms with E-state index in [-0.39, 0.29) is 23.5 Å². The average Bonchev–Trinajstić information content (AvgIpc) is 2.96. The lowest BCUT2D eigenvalue weighted by atomic mass is 10.2. The van der Waals surface area contributed by atoms with Crippen molar-refractivity contribution in [1.29, 1.82) is 0 Å². The summed E-state index contributed by atoms with van der Waals surface area (Å²) >= 11 is 6.03. The summed E-state index contributed by atoms with van der Waals surface area (Å²) in [4.78, 5) is 18.4. The summed E-state index contributed by atoms with van der Waals surface area (Å²) in [6.07, 6.45) is 2.07. The third-order valence-electron chi connectivity index (χ3n) is 4.25. The van der Waals surface area contributed by atoms with Gasteiger partial charge in [0, 0.05) is 19.3 Å². The predicted octanol–water partition coefficient (Wildman–Crippen LogP) is 2.61. The summed E-state index contributed by atoms with van der Waals surface area (Å²) in [6, 6.07) is 10.3. The van der Waals surface area contributed by atoms with Crippen molar-refractivity contribution in [3.05, 3.63) is 53.2 Å². The van der Waals surface area contributed by atoms with Gasteiger partial charge < -0.3 is 10.2 Å². The Morgan fingerprint density at radius 3 is 2.64 bits per heavy atom. The Morgan fingerprint density at radius 2 is 2.04 bits per heavy atom. The molecule has 0 aliphatic carbocycles. The lowest BCUT2D eigenvalue weighted by Crippen LogP contribution is -2.33. The number of pyridine rings is 1. The molecule has 1 aliphatic rings. The SMILES string of the molecule is CN(c1ccc(C(=O)Nc2ccccc2Cl)cn1)C1CCS(=O)(=O)C1. The number of benzene rings is 1. The summed E-state index contributed by atoms with van der Waals surface area (Å²) in [5.41, 5.74) is 0.933. The van der Waals surface area contributed by atoms with Crippen LogP contribution in [0.25, 0.3) is 0 Å². The van der Waals surface area contributed by atoms with Crippen LogP contribution in [0.1, 0.15) is 16.8 Å². The van der Waals surface area contributed by atoms with Gasteiger partial charge in [0.15, 0.2) is 9.84 Å². The van der Waals surface area contributed by atoms with Crippen LogP contribution in [0.5, 0.6) is 0 Å². The molecule has 1 aliphatic heterocycles. The van der Waals surface area contributed by atoms with Crippen LogP contribution in [-0.2, 0) is 9.84 Å². The first kappa shape index (κ1) is 17.7. The molecular weight excluding hydrogens is 362 g/mol. The normalized spacial score (nSPS) is 18.7. The number of para-hydroxylation sites is 1. The Morgan fingerprint density at radius 1 is 1.28 bits per heavy atom. The smallest absolute Gasteiger partial charge is 0.257 e. The lowest BCUT2D eigenvalue weighted by molar-refractivity contribution is 0.102. The molecule has 1 aromatic heterocycles. The maximum atomic E-state index is 12.3. The zero-order valence-electron chi connectivity index (χ0n) is 13.6. The van der Waals surface area contributed by atoms with E-state index in [2.05, 4.69) is 10.3 Å². The van der Waals surface area contributed by atoms with E-state index in [0.717, 1.165) is 0 Å². The molecule has 25 heavy (non-hydrogen) atoms. The quantitative estimate of drug-likeness (QED) is 0.883. The van der Waals surface area contributed by atoms with Gasteiger partial charge in [-0.3, -0.25) is 4.79 Å². The molecule has 1 unspecified atom stereocenters. The summed E-state index contributed by atoms with van der Waals surface area (Å²) in [7, 11) is -1.14. The van der Waals surface area contributed by atoms with E-state index in [1.54, 1.807) is 36.4 Å². The summed E-state index contributed by atoms with van der Waals surface area (Å²) in [5, 5.41) is 3.20. The van der Waals surface area contributed by atoms with Crippen LogP contribution in [0.2, 0.25) is 5.02 Å². The minimum absolute atomic E-state index is 0.0831. The van der Waals surface area contributed by atoms with Gasteiger partial charge in [0.25, 0.3) is 5.91 Å². The van der Waals surface area contributed by atoms with Gasteiger partial charge in [0.05, 0.1) is 27.8 Å². The first-order valence-corrected chi connectivity index (χ1v) is 10.0. The number of anilines is 2. The van der Waals surface area contributed by atoms with Crippen molar-refractivity contribution >= 4 is 38.9 Å². The molecule has 1 amide bonds. The number of halogens is 1.